The predicted octanol–water partition coefficient (Wildman–Crippen LogP) is 5.72. The molecule has 1 heterocycles. The number of amides is 1. The lowest BCUT2D eigenvalue weighted by Crippen LogP contribution is -2.44. The molecule has 1 amide bonds. The zero-order valence-electron chi connectivity index (χ0n) is 18.6. The first-order valence-electron chi connectivity index (χ1n) is 11.2. The lowest BCUT2D eigenvalue weighted by Gasteiger charge is -2.27. The van der Waals surface area contributed by atoms with Crippen LogP contribution in [-0.4, -0.2) is 36.5 Å². The van der Waals surface area contributed by atoms with E-state index in [2.05, 4.69) is 23.2 Å². The van der Waals surface area contributed by atoms with Gasteiger partial charge in [-0.15, -0.1) is 0 Å². The number of fused-ring (bicyclic) bond motifs is 1. The molecular formula is C27H28Cl2N2O2. The highest BCUT2D eigenvalue weighted by atomic mass is 35.5. The van der Waals surface area contributed by atoms with Crippen molar-refractivity contribution in [1.82, 2.24) is 10.2 Å². The van der Waals surface area contributed by atoms with Gasteiger partial charge in [0.2, 0.25) is 5.91 Å². The molecule has 3 aromatic rings. The summed E-state index contributed by atoms with van der Waals surface area (Å²) in [4.78, 5) is 15.1. The van der Waals surface area contributed by atoms with E-state index in [-0.39, 0.29) is 17.9 Å². The molecular weight excluding hydrogens is 455 g/mol. The van der Waals surface area contributed by atoms with Gasteiger partial charge >= 0.3 is 0 Å². The fourth-order valence-corrected chi connectivity index (χ4v) is 4.54. The van der Waals surface area contributed by atoms with E-state index in [1.165, 1.54) is 5.56 Å². The van der Waals surface area contributed by atoms with E-state index in [9.17, 15) is 4.79 Å². The largest absolute Gasteiger partial charge is 0.492 e. The lowest BCUT2D eigenvalue weighted by molar-refractivity contribution is -0.123. The maximum Gasteiger partial charge on any atom is 0.234 e. The number of benzene rings is 3. The standard InChI is InChI=1S/C27H28Cl2N2O2/c1-19(30-27(32)18-31-14-15-33-26-5-3-2-4-22(26)17-31)25(21-8-12-24(29)13-9-21)16-20-6-10-23(28)11-7-20/h2-13,19,25H,14-18H2,1H3,(H,30,32)/t19-,25+/m1/s1. The average Bonchev–Trinajstić information content (AvgIpc) is 3.01. The van der Waals surface area contributed by atoms with Crippen LogP contribution in [0.5, 0.6) is 5.75 Å². The number of rotatable bonds is 7. The van der Waals surface area contributed by atoms with Gasteiger partial charge in [0.15, 0.2) is 0 Å². The molecule has 1 aliphatic rings. The minimum Gasteiger partial charge on any atom is -0.492 e. The Bertz CT molecular complexity index is 1070. The van der Waals surface area contributed by atoms with Gasteiger partial charge in [0, 0.05) is 40.7 Å². The third-order valence-electron chi connectivity index (χ3n) is 6.06. The molecule has 1 N–H and O–H groups in total. The molecule has 2 atom stereocenters. The topological polar surface area (TPSA) is 41.6 Å². The van der Waals surface area contributed by atoms with E-state index in [0.29, 0.717) is 36.3 Å². The van der Waals surface area contributed by atoms with Crippen LogP contribution >= 0.6 is 23.2 Å². The van der Waals surface area contributed by atoms with Gasteiger partial charge in [-0.25, -0.2) is 0 Å². The average molecular weight is 483 g/mol. The van der Waals surface area contributed by atoms with E-state index in [1.807, 2.05) is 66.7 Å². The SMILES string of the molecule is C[C@@H](NC(=O)CN1CCOc2ccccc2C1)[C@H](Cc1ccc(Cl)cc1)c1ccc(Cl)cc1. The zero-order chi connectivity index (χ0) is 23.2. The molecule has 1 aliphatic heterocycles. The van der Waals surface area contributed by atoms with Gasteiger partial charge in [0.25, 0.3) is 0 Å². The molecule has 0 saturated heterocycles. The van der Waals surface area contributed by atoms with Gasteiger partial charge in [0.05, 0.1) is 6.54 Å². The first-order chi connectivity index (χ1) is 16.0. The maximum absolute atomic E-state index is 13.0. The van der Waals surface area contributed by atoms with E-state index in [4.69, 9.17) is 27.9 Å². The second kappa shape index (κ2) is 11.1. The summed E-state index contributed by atoms with van der Waals surface area (Å²) in [6.07, 6.45) is 0.783. The summed E-state index contributed by atoms with van der Waals surface area (Å²) in [5.41, 5.74) is 3.42. The first kappa shape index (κ1) is 23.6. The molecule has 0 aromatic heterocycles. The van der Waals surface area contributed by atoms with Crippen LogP contribution in [0, 0.1) is 0 Å². The van der Waals surface area contributed by atoms with Gasteiger partial charge in [-0.2, -0.15) is 0 Å². The van der Waals surface area contributed by atoms with Crippen LogP contribution in [0.15, 0.2) is 72.8 Å². The summed E-state index contributed by atoms with van der Waals surface area (Å²) < 4.78 is 5.83. The van der Waals surface area contributed by atoms with E-state index >= 15 is 0 Å². The number of hydrogen-bond acceptors (Lipinski definition) is 3. The molecule has 6 heteroatoms. The minimum atomic E-state index is -0.0649. The van der Waals surface area contributed by atoms with Crippen LogP contribution in [0.4, 0.5) is 0 Å². The Labute approximate surface area is 205 Å². The minimum absolute atomic E-state index is 0.0111. The Morgan fingerprint density at radius 1 is 1.00 bits per heavy atom. The molecule has 0 bridgehead atoms. The van der Waals surface area contributed by atoms with Crippen molar-refractivity contribution in [2.75, 3.05) is 19.7 Å². The summed E-state index contributed by atoms with van der Waals surface area (Å²) in [5.74, 6) is 1.01. The molecule has 4 rings (SSSR count). The molecule has 3 aromatic carbocycles. The Kier molecular flexibility index (Phi) is 7.92. The van der Waals surface area contributed by atoms with Crippen molar-refractivity contribution >= 4 is 29.1 Å². The van der Waals surface area contributed by atoms with Crippen LogP contribution in [0.25, 0.3) is 0 Å². The predicted molar refractivity (Wildman–Crippen MR) is 134 cm³/mol. The third-order valence-corrected chi connectivity index (χ3v) is 6.56. The normalized spacial score (nSPS) is 15.6. The van der Waals surface area contributed by atoms with Crippen molar-refractivity contribution < 1.29 is 9.53 Å². The number of carbonyl (C=O) groups is 1. The van der Waals surface area contributed by atoms with Crippen molar-refractivity contribution in [3.63, 3.8) is 0 Å². The molecule has 33 heavy (non-hydrogen) atoms. The van der Waals surface area contributed by atoms with Crippen LogP contribution in [0.2, 0.25) is 10.0 Å². The second-order valence-electron chi connectivity index (χ2n) is 8.51. The smallest absolute Gasteiger partial charge is 0.234 e. The van der Waals surface area contributed by atoms with Crippen LogP contribution in [-0.2, 0) is 17.8 Å². The van der Waals surface area contributed by atoms with Gasteiger partial charge in [-0.3, -0.25) is 9.69 Å². The van der Waals surface area contributed by atoms with E-state index in [0.717, 1.165) is 23.3 Å². The Morgan fingerprint density at radius 2 is 1.67 bits per heavy atom. The molecule has 0 aliphatic carbocycles. The Balaban J connectivity index is 1.44. The van der Waals surface area contributed by atoms with E-state index < -0.39 is 0 Å². The van der Waals surface area contributed by atoms with Crippen LogP contribution < -0.4 is 10.1 Å². The molecule has 0 spiro atoms. The molecule has 172 valence electrons. The van der Waals surface area contributed by atoms with E-state index in [1.54, 1.807) is 0 Å². The highest BCUT2D eigenvalue weighted by molar-refractivity contribution is 6.30. The van der Waals surface area contributed by atoms with Crippen molar-refractivity contribution in [1.29, 1.82) is 0 Å². The van der Waals surface area contributed by atoms with Gasteiger partial charge < -0.3 is 10.1 Å². The summed E-state index contributed by atoms with van der Waals surface area (Å²) >= 11 is 12.2. The number of ether oxygens (including phenoxy) is 1. The molecule has 4 nitrogen and oxygen atoms in total. The number of para-hydroxylation sites is 1. The highest BCUT2D eigenvalue weighted by Gasteiger charge is 2.24. The lowest BCUT2D eigenvalue weighted by atomic mass is 9.86. The van der Waals surface area contributed by atoms with Crippen molar-refractivity contribution in [2.45, 2.75) is 31.8 Å². The number of nitrogens with zero attached hydrogens (tertiary/aromatic N) is 1. The zero-order valence-corrected chi connectivity index (χ0v) is 20.1. The molecule has 0 fully saturated rings. The van der Waals surface area contributed by atoms with Gasteiger partial charge in [-0.05, 0) is 54.8 Å². The maximum atomic E-state index is 13.0. The van der Waals surface area contributed by atoms with Crippen molar-refractivity contribution in [3.05, 3.63) is 99.5 Å². The fourth-order valence-electron chi connectivity index (χ4n) is 4.29. The van der Waals surface area contributed by atoms with Crippen LogP contribution in [0.3, 0.4) is 0 Å². The highest BCUT2D eigenvalue weighted by Crippen LogP contribution is 2.27. The summed E-state index contributed by atoms with van der Waals surface area (Å²) in [7, 11) is 0. The monoisotopic (exact) mass is 482 g/mol. The van der Waals surface area contributed by atoms with Gasteiger partial charge in [-0.1, -0.05) is 65.7 Å². The number of halogens is 2. The number of nitrogens with one attached hydrogen (secondary N) is 1. The van der Waals surface area contributed by atoms with Crippen molar-refractivity contribution in [3.8, 4) is 5.75 Å². The molecule has 0 saturated carbocycles. The summed E-state index contributed by atoms with van der Waals surface area (Å²) in [6, 6.07) is 23.7. The molecule has 0 unspecified atom stereocenters. The Morgan fingerprint density at radius 3 is 2.39 bits per heavy atom. The fraction of sp³-hybridized carbons (Fsp3) is 0.296. The number of hydrogen-bond donors (Lipinski definition) is 1. The Hall–Kier alpha value is -2.53. The van der Waals surface area contributed by atoms with Crippen molar-refractivity contribution in [2.24, 2.45) is 0 Å². The van der Waals surface area contributed by atoms with Gasteiger partial charge in [0.1, 0.15) is 12.4 Å². The molecule has 0 radical (unpaired) electrons. The third kappa shape index (κ3) is 6.50. The first-order valence-corrected chi connectivity index (χ1v) is 12.0. The summed E-state index contributed by atoms with van der Waals surface area (Å²) in [5, 5.41) is 4.65. The number of carbonyl (C=O) groups excluding carboxylic acids is 1. The second-order valence-corrected chi connectivity index (χ2v) is 9.38. The quantitative estimate of drug-likeness (QED) is 0.468. The van der Waals surface area contributed by atoms with Crippen LogP contribution in [0.1, 0.15) is 29.5 Å². The summed E-state index contributed by atoms with van der Waals surface area (Å²) in [6.45, 7) is 4.37.